The lowest BCUT2D eigenvalue weighted by molar-refractivity contribution is 0.0991. The highest BCUT2D eigenvalue weighted by Gasteiger charge is 2.30. The summed E-state index contributed by atoms with van der Waals surface area (Å²) in [5.74, 6) is 4.69. The number of sulfonamides is 1. The van der Waals surface area contributed by atoms with Crippen molar-refractivity contribution in [2.24, 2.45) is 17.4 Å². The Kier molecular flexibility index (Phi) is 14.4. The van der Waals surface area contributed by atoms with Crippen LogP contribution in [0.15, 0.2) is 48.6 Å². The summed E-state index contributed by atoms with van der Waals surface area (Å²) in [6, 6.07) is 9.37. The summed E-state index contributed by atoms with van der Waals surface area (Å²) < 4.78 is 45.4. The summed E-state index contributed by atoms with van der Waals surface area (Å²) in [5, 5.41) is 14.1. The minimum absolute atomic E-state index is 0.0393. The van der Waals surface area contributed by atoms with Gasteiger partial charge in [0.2, 0.25) is 33.7 Å². The molecular weight excluding hydrogens is 895 g/mol. The van der Waals surface area contributed by atoms with Crippen molar-refractivity contribution in [3.8, 4) is 23.3 Å². The van der Waals surface area contributed by atoms with Crippen molar-refractivity contribution >= 4 is 67.6 Å². The van der Waals surface area contributed by atoms with Crippen LogP contribution in [-0.4, -0.2) is 107 Å². The normalized spacial score (nSPS) is 13.6. The van der Waals surface area contributed by atoms with Crippen molar-refractivity contribution in [2.45, 2.75) is 85.8 Å². The molecule has 0 saturated carbocycles. The molecule has 1 fully saturated rings. The molecule has 5 heterocycles. The molecule has 1 aliphatic heterocycles. The van der Waals surface area contributed by atoms with E-state index in [1.807, 2.05) is 26.0 Å². The molecule has 2 aromatic carbocycles. The number of anilines is 2. The van der Waals surface area contributed by atoms with Crippen LogP contribution < -0.4 is 31.6 Å². The number of nitrogens with two attached hydrogens (primary N) is 2. The van der Waals surface area contributed by atoms with E-state index < -0.39 is 38.9 Å². The predicted octanol–water partition coefficient (Wildman–Crippen LogP) is 4.24. The number of nitrogens with zero attached hydrogens (tertiary/aromatic N) is 9. The van der Waals surface area contributed by atoms with Crippen LogP contribution >= 0.6 is 0 Å². The molecule has 4 aromatic heterocycles. The number of hydrogen-bond acceptors (Lipinski definition) is 12. The molecule has 6 N–H and O–H groups in total. The van der Waals surface area contributed by atoms with E-state index in [0.29, 0.717) is 89.6 Å². The van der Waals surface area contributed by atoms with E-state index in [4.69, 9.17) is 25.9 Å². The number of carbonyl (C=O) groups excluding carboxylic acids is 4. The SMILES string of the molecule is CCn1nc(C)cc1C(=O)Nc1nc2cc(C(N)=O)cc(OC)c2n1C/C=C/Cn1c(NC(=O)c2cc(C)nn2CC)nc2cc(C(N)=O)cc(OCC#CC3CCN(S(=O)(=O)C(C)C)CC3)c21. The summed E-state index contributed by atoms with van der Waals surface area (Å²) in [7, 11) is -1.91. The Bertz CT molecular complexity index is 3140. The largest absolute Gasteiger partial charge is 0.494 e. The van der Waals surface area contributed by atoms with Gasteiger partial charge in [-0.1, -0.05) is 24.0 Å². The number of benzene rings is 2. The molecule has 1 aliphatic rings. The molecule has 22 heteroatoms. The van der Waals surface area contributed by atoms with E-state index in [-0.39, 0.29) is 54.4 Å². The van der Waals surface area contributed by atoms with E-state index in [1.54, 1.807) is 58.3 Å². The van der Waals surface area contributed by atoms with Gasteiger partial charge in [-0.25, -0.2) is 22.7 Å². The van der Waals surface area contributed by atoms with Crippen LogP contribution in [0.1, 0.15) is 93.6 Å². The maximum absolute atomic E-state index is 13.9. The van der Waals surface area contributed by atoms with Crippen LogP contribution in [0.5, 0.6) is 11.5 Å². The fourth-order valence-corrected chi connectivity index (χ4v) is 9.35. The number of piperidine rings is 1. The van der Waals surface area contributed by atoms with Crippen LogP contribution in [0.3, 0.4) is 0 Å². The predicted molar refractivity (Wildman–Crippen MR) is 255 cm³/mol. The summed E-state index contributed by atoms with van der Waals surface area (Å²) in [6.07, 6.45) is 4.78. The van der Waals surface area contributed by atoms with Gasteiger partial charge in [-0.2, -0.15) is 10.2 Å². The number of nitrogens with one attached hydrogen (secondary N) is 2. The number of rotatable bonds is 17. The van der Waals surface area contributed by atoms with Gasteiger partial charge in [0.1, 0.15) is 40.5 Å². The van der Waals surface area contributed by atoms with Crippen LogP contribution in [0.4, 0.5) is 11.9 Å². The molecule has 6 aromatic rings. The zero-order valence-corrected chi connectivity index (χ0v) is 39.8. The molecule has 4 amide bonds. The smallest absolute Gasteiger partial charge is 0.276 e. The van der Waals surface area contributed by atoms with Crippen LogP contribution in [0.2, 0.25) is 0 Å². The molecule has 358 valence electrons. The number of fused-ring (bicyclic) bond motifs is 2. The molecule has 0 atom stereocenters. The van der Waals surface area contributed by atoms with Gasteiger partial charge in [-0.3, -0.25) is 39.2 Å². The van der Waals surface area contributed by atoms with E-state index in [9.17, 15) is 27.6 Å². The summed E-state index contributed by atoms with van der Waals surface area (Å²) >= 11 is 0. The first-order chi connectivity index (χ1) is 32.4. The maximum Gasteiger partial charge on any atom is 0.276 e. The van der Waals surface area contributed by atoms with Gasteiger partial charge in [-0.05, 0) is 90.8 Å². The number of allylic oxidation sites excluding steroid dienone is 2. The fraction of sp³-hybridized carbons (Fsp3) is 0.391. The summed E-state index contributed by atoms with van der Waals surface area (Å²) in [6.45, 7) is 12.4. The van der Waals surface area contributed by atoms with E-state index >= 15 is 0 Å². The Morgan fingerprint density at radius 2 is 1.25 bits per heavy atom. The van der Waals surface area contributed by atoms with E-state index in [2.05, 4.69) is 37.7 Å². The van der Waals surface area contributed by atoms with Crippen molar-refractivity contribution in [1.29, 1.82) is 0 Å². The number of methoxy groups -OCH3 is 1. The lowest BCUT2D eigenvalue weighted by Crippen LogP contribution is -2.41. The van der Waals surface area contributed by atoms with E-state index in [0.717, 1.165) is 0 Å². The summed E-state index contributed by atoms with van der Waals surface area (Å²) in [4.78, 5) is 61.9. The monoisotopic (exact) mass is 949 g/mol. The molecule has 0 bridgehead atoms. The average molecular weight is 950 g/mol. The van der Waals surface area contributed by atoms with Gasteiger partial charge < -0.3 is 30.1 Å². The number of hydrogen-bond donors (Lipinski definition) is 4. The average Bonchev–Trinajstić information content (AvgIpc) is 4.08. The molecule has 21 nitrogen and oxygen atoms in total. The van der Waals surface area contributed by atoms with Crippen LogP contribution in [-0.2, 0) is 36.2 Å². The second-order valence-corrected chi connectivity index (χ2v) is 18.9. The highest BCUT2D eigenvalue weighted by atomic mass is 32.2. The lowest BCUT2D eigenvalue weighted by Gasteiger charge is -2.30. The van der Waals surface area contributed by atoms with Crippen molar-refractivity contribution in [1.82, 2.24) is 43.0 Å². The second kappa shape index (κ2) is 20.2. The van der Waals surface area contributed by atoms with E-state index in [1.165, 1.54) is 35.7 Å². The van der Waals surface area contributed by atoms with Gasteiger partial charge in [0.05, 0.1) is 34.8 Å². The Hall–Kier alpha value is -7.51. The van der Waals surface area contributed by atoms with Crippen molar-refractivity contribution in [2.75, 3.05) is 37.4 Å². The van der Waals surface area contributed by atoms with Crippen molar-refractivity contribution in [3.05, 3.63) is 82.5 Å². The lowest BCUT2D eigenvalue weighted by atomic mass is 9.99. The highest BCUT2D eigenvalue weighted by molar-refractivity contribution is 7.89. The molecule has 0 spiro atoms. The van der Waals surface area contributed by atoms with Crippen molar-refractivity contribution in [3.63, 3.8) is 0 Å². The first kappa shape index (κ1) is 48.4. The van der Waals surface area contributed by atoms with Crippen LogP contribution in [0.25, 0.3) is 22.1 Å². The topological polar surface area (TPSA) is 272 Å². The molecule has 0 radical (unpaired) electrons. The minimum atomic E-state index is -3.36. The third-order valence-electron chi connectivity index (χ3n) is 11.5. The molecule has 7 rings (SSSR count). The zero-order chi connectivity index (χ0) is 49.0. The Balaban J connectivity index is 1.24. The quantitative estimate of drug-likeness (QED) is 0.0739. The number of carbonyl (C=O) groups is 4. The van der Waals surface area contributed by atoms with Crippen molar-refractivity contribution < 1.29 is 37.1 Å². The summed E-state index contributed by atoms with van der Waals surface area (Å²) in [5.41, 5.74) is 15.2. The Labute approximate surface area is 392 Å². The minimum Gasteiger partial charge on any atom is -0.494 e. The molecule has 68 heavy (non-hydrogen) atoms. The Morgan fingerprint density at radius 1 is 0.779 bits per heavy atom. The number of aromatic nitrogens is 8. The third-order valence-corrected chi connectivity index (χ3v) is 13.8. The number of primary amides is 2. The molecule has 1 saturated heterocycles. The standard InChI is InChI=1S/C46H55N13O8S/c1-8-58-35(21-28(5)53-58)43(62)51-45-49-33-23-31(41(47)60)25-37(66-7)39(33)56(45)16-10-11-17-57-40-34(50-46(57)52-44(63)36-22-29(6)54-59(36)9-2)24-32(42(48)61)26-38(40)67-20-12-13-30-14-18-55(19-15-30)68(64,65)27(3)4/h10-11,21-27,30H,8-9,14-20H2,1-7H3,(H2,47,60)(H2,48,61)(H,49,51,62)(H,50,52,63)/b11-10+. The first-order valence-corrected chi connectivity index (χ1v) is 23.6. The number of aryl methyl sites for hydroxylation is 4. The molecule has 0 unspecified atom stereocenters. The molecule has 0 aliphatic carbocycles. The number of imidazole rings is 2. The van der Waals surface area contributed by atoms with Gasteiger partial charge in [0.15, 0.2) is 0 Å². The third kappa shape index (κ3) is 10.1. The highest BCUT2D eigenvalue weighted by Crippen LogP contribution is 2.33. The van der Waals surface area contributed by atoms with Gasteiger partial charge >= 0.3 is 0 Å². The fourth-order valence-electron chi connectivity index (χ4n) is 8.04. The zero-order valence-electron chi connectivity index (χ0n) is 39.0. The van der Waals surface area contributed by atoms with Gasteiger partial charge in [0, 0.05) is 56.3 Å². The first-order valence-electron chi connectivity index (χ1n) is 22.1. The number of ether oxygens (including phenoxy) is 2. The van der Waals surface area contributed by atoms with Gasteiger partial charge in [-0.15, -0.1) is 0 Å². The second-order valence-electron chi connectivity index (χ2n) is 16.4. The van der Waals surface area contributed by atoms with Crippen LogP contribution in [0, 0.1) is 31.6 Å². The Morgan fingerprint density at radius 3 is 1.69 bits per heavy atom. The molecular formula is C46H55N13O8S. The number of amides is 4. The maximum atomic E-state index is 13.9. The van der Waals surface area contributed by atoms with Gasteiger partial charge in [0.25, 0.3) is 11.8 Å².